The molecular formula is C25H30F3N5OS. The van der Waals surface area contributed by atoms with Crippen LogP contribution in [0.4, 0.5) is 29.0 Å². The summed E-state index contributed by atoms with van der Waals surface area (Å²) in [7, 11) is 1.98. The lowest BCUT2D eigenvalue weighted by Gasteiger charge is -2.22. The van der Waals surface area contributed by atoms with Crippen molar-refractivity contribution in [2.75, 3.05) is 43.4 Å². The first-order valence-corrected chi connectivity index (χ1v) is 12.3. The van der Waals surface area contributed by atoms with Crippen LogP contribution in [0.15, 0.2) is 42.6 Å². The van der Waals surface area contributed by atoms with Crippen molar-refractivity contribution in [1.82, 2.24) is 14.9 Å². The molecule has 0 amide bonds. The van der Waals surface area contributed by atoms with Crippen LogP contribution in [0, 0.1) is 0 Å². The number of alkyl halides is 3. The number of nitrogens with one attached hydrogen (secondary N) is 1. The maximum absolute atomic E-state index is 13.9. The molecule has 0 bridgehead atoms. The van der Waals surface area contributed by atoms with Gasteiger partial charge in [-0.15, -0.1) is 0 Å². The minimum Gasteiger partial charge on any atom is -0.437 e. The largest absolute Gasteiger partial charge is 0.437 e. The molecule has 1 saturated heterocycles. The zero-order chi connectivity index (χ0) is 25.2. The quantitative estimate of drug-likeness (QED) is 0.425. The smallest absolute Gasteiger partial charge is 0.436 e. The molecule has 188 valence electrons. The van der Waals surface area contributed by atoms with E-state index in [0.29, 0.717) is 31.1 Å². The van der Waals surface area contributed by atoms with Crippen molar-refractivity contribution in [2.24, 2.45) is 0 Å². The second-order valence-electron chi connectivity index (χ2n) is 9.64. The summed E-state index contributed by atoms with van der Waals surface area (Å²) in [6.07, 6.45) is -2.17. The summed E-state index contributed by atoms with van der Waals surface area (Å²) in [5, 5.41) is 3.31. The number of aromatic nitrogens is 2. The van der Waals surface area contributed by atoms with Crippen LogP contribution in [0.1, 0.15) is 38.4 Å². The highest BCUT2D eigenvalue weighted by molar-refractivity contribution is 7.19. The fraction of sp³-hybridized carbons (Fsp3) is 0.440. The molecule has 0 unspecified atom stereocenters. The Morgan fingerprint density at radius 1 is 1.00 bits per heavy atom. The maximum Gasteiger partial charge on any atom is 0.436 e. The normalized spacial score (nSPS) is 15.7. The highest BCUT2D eigenvalue weighted by Crippen LogP contribution is 2.44. The van der Waals surface area contributed by atoms with Gasteiger partial charge in [0.2, 0.25) is 5.88 Å². The number of likely N-dealkylation sites (N-methyl/N-ethyl adjacent to an activating group) is 1. The first-order chi connectivity index (χ1) is 16.5. The zero-order valence-electron chi connectivity index (χ0n) is 20.3. The van der Waals surface area contributed by atoms with Gasteiger partial charge in [-0.25, -0.2) is 9.97 Å². The number of thiazole rings is 1. The van der Waals surface area contributed by atoms with Gasteiger partial charge >= 0.3 is 6.18 Å². The predicted octanol–water partition coefficient (Wildman–Crippen LogP) is 6.53. The number of halogens is 3. The van der Waals surface area contributed by atoms with E-state index in [-0.39, 0.29) is 21.4 Å². The molecule has 3 heterocycles. The van der Waals surface area contributed by atoms with Crippen LogP contribution in [0.5, 0.6) is 11.6 Å². The first kappa shape index (κ1) is 25.2. The Labute approximate surface area is 207 Å². The second-order valence-corrected chi connectivity index (χ2v) is 10.6. The molecule has 0 radical (unpaired) electrons. The Kier molecular flexibility index (Phi) is 7.23. The van der Waals surface area contributed by atoms with Crippen molar-refractivity contribution < 1.29 is 17.9 Å². The van der Waals surface area contributed by atoms with Gasteiger partial charge in [0.25, 0.3) is 0 Å². The van der Waals surface area contributed by atoms with Gasteiger partial charge in [0.15, 0.2) is 10.8 Å². The topological polar surface area (TPSA) is 53.5 Å². The predicted molar refractivity (Wildman–Crippen MR) is 134 cm³/mol. The summed E-state index contributed by atoms with van der Waals surface area (Å²) >= 11 is 1.00. The molecule has 0 aliphatic carbocycles. The van der Waals surface area contributed by atoms with Crippen LogP contribution >= 0.6 is 11.3 Å². The van der Waals surface area contributed by atoms with E-state index in [1.54, 1.807) is 23.2 Å². The van der Waals surface area contributed by atoms with Crippen LogP contribution in [-0.4, -0.2) is 48.1 Å². The van der Waals surface area contributed by atoms with Crippen LogP contribution < -0.4 is 15.0 Å². The number of hydrogen-bond acceptors (Lipinski definition) is 7. The number of hydrogen-bond donors (Lipinski definition) is 1. The van der Waals surface area contributed by atoms with E-state index in [9.17, 15) is 13.2 Å². The molecular weight excluding hydrogens is 475 g/mol. The molecule has 1 aliphatic heterocycles. The Balaban J connectivity index is 1.64. The van der Waals surface area contributed by atoms with E-state index < -0.39 is 11.9 Å². The van der Waals surface area contributed by atoms with Crippen molar-refractivity contribution in [3.63, 3.8) is 0 Å². The second kappa shape index (κ2) is 10.0. The lowest BCUT2D eigenvalue weighted by atomic mass is 9.86. The Hall–Kier alpha value is -2.85. The van der Waals surface area contributed by atoms with Gasteiger partial charge in [0.1, 0.15) is 16.4 Å². The van der Waals surface area contributed by atoms with Gasteiger partial charge in [-0.3, -0.25) is 0 Å². The van der Waals surface area contributed by atoms with Crippen molar-refractivity contribution in [1.29, 1.82) is 0 Å². The van der Waals surface area contributed by atoms with Crippen molar-refractivity contribution >= 4 is 27.2 Å². The molecule has 10 heteroatoms. The first-order valence-electron chi connectivity index (χ1n) is 11.5. The summed E-state index contributed by atoms with van der Waals surface area (Å²) < 4.78 is 47.9. The number of anilines is 3. The molecule has 1 fully saturated rings. The van der Waals surface area contributed by atoms with Gasteiger partial charge in [0.05, 0.1) is 0 Å². The third-order valence-corrected chi connectivity index (χ3v) is 6.83. The van der Waals surface area contributed by atoms with E-state index in [4.69, 9.17) is 4.74 Å². The molecule has 1 aliphatic rings. The minimum atomic E-state index is -4.55. The number of para-hydroxylation sites is 1. The fourth-order valence-electron chi connectivity index (χ4n) is 3.98. The van der Waals surface area contributed by atoms with E-state index in [2.05, 4.69) is 41.0 Å². The number of benzene rings is 1. The van der Waals surface area contributed by atoms with Crippen LogP contribution in [0.25, 0.3) is 0 Å². The lowest BCUT2D eigenvalue weighted by molar-refractivity contribution is -0.140. The van der Waals surface area contributed by atoms with Gasteiger partial charge < -0.3 is 19.9 Å². The average Bonchev–Trinajstić information content (AvgIpc) is 3.09. The van der Waals surface area contributed by atoms with Gasteiger partial charge in [-0.1, -0.05) is 50.3 Å². The molecule has 4 rings (SSSR count). The monoisotopic (exact) mass is 505 g/mol. The molecule has 3 aromatic rings. The van der Waals surface area contributed by atoms with E-state index in [0.717, 1.165) is 29.9 Å². The molecule has 1 aromatic carbocycles. The fourth-order valence-corrected chi connectivity index (χ4v) is 5.03. The van der Waals surface area contributed by atoms with Crippen LogP contribution in [-0.2, 0) is 11.6 Å². The van der Waals surface area contributed by atoms with E-state index in [1.807, 2.05) is 31.3 Å². The summed E-state index contributed by atoms with van der Waals surface area (Å²) in [5.74, 6) is 0.914. The van der Waals surface area contributed by atoms with Crippen molar-refractivity contribution in [2.45, 2.75) is 38.8 Å². The highest BCUT2D eigenvalue weighted by Gasteiger charge is 2.39. The van der Waals surface area contributed by atoms with E-state index >= 15 is 0 Å². The highest BCUT2D eigenvalue weighted by atomic mass is 32.1. The third kappa shape index (κ3) is 6.05. The SMILES string of the molecule is CN1CCCN(c2sc(Nc3cccnc3Oc3ccccc3C(C)(C)C)nc2C(F)(F)F)CC1. The molecule has 0 saturated carbocycles. The van der Waals surface area contributed by atoms with Crippen LogP contribution in [0.2, 0.25) is 0 Å². The Morgan fingerprint density at radius 2 is 1.77 bits per heavy atom. The van der Waals surface area contributed by atoms with Gasteiger partial charge in [0, 0.05) is 31.4 Å². The van der Waals surface area contributed by atoms with Crippen molar-refractivity contribution in [3.05, 3.63) is 53.9 Å². The summed E-state index contributed by atoms with van der Waals surface area (Å²) in [6, 6.07) is 11.1. The van der Waals surface area contributed by atoms with Crippen LogP contribution in [0.3, 0.4) is 0 Å². The summed E-state index contributed by atoms with van der Waals surface area (Å²) in [4.78, 5) is 12.2. The number of ether oxygens (including phenoxy) is 1. The van der Waals surface area contributed by atoms with Crippen molar-refractivity contribution in [3.8, 4) is 11.6 Å². The Bertz CT molecular complexity index is 1160. The van der Waals surface area contributed by atoms with Gasteiger partial charge in [-0.2, -0.15) is 13.2 Å². The molecule has 6 nitrogen and oxygen atoms in total. The Morgan fingerprint density at radius 3 is 2.51 bits per heavy atom. The lowest BCUT2D eigenvalue weighted by Crippen LogP contribution is -2.29. The summed E-state index contributed by atoms with van der Waals surface area (Å²) in [5.41, 5.74) is 0.421. The average molecular weight is 506 g/mol. The number of rotatable bonds is 5. The molecule has 35 heavy (non-hydrogen) atoms. The third-order valence-electron chi connectivity index (χ3n) is 5.80. The molecule has 0 spiro atoms. The minimum absolute atomic E-state index is 0.139. The molecule has 1 N–H and O–H groups in total. The van der Waals surface area contributed by atoms with Gasteiger partial charge in [-0.05, 0) is 43.6 Å². The maximum atomic E-state index is 13.9. The van der Waals surface area contributed by atoms with E-state index in [1.165, 1.54) is 0 Å². The molecule has 0 atom stereocenters. The molecule has 2 aromatic heterocycles. The number of nitrogens with zero attached hydrogens (tertiary/aromatic N) is 4. The zero-order valence-corrected chi connectivity index (χ0v) is 21.1. The number of pyridine rings is 1. The standard InChI is InChI=1S/C25H30F3N5OS/c1-24(2,3)17-9-5-6-11-19(17)34-21-18(10-7-12-29-21)30-23-31-20(25(26,27)28)22(35-23)33-14-8-13-32(4)15-16-33/h5-7,9-12H,8,13-16H2,1-4H3,(H,30,31). The summed E-state index contributed by atoms with van der Waals surface area (Å²) in [6.45, 7) is 8.89.